The number of ether oxygens (including phenoxy) is 1. The molecular weight excluding hydrogens is 271 g/mol. The molecule has 0 bridgehead atoms. The molecule has 0 aliphatic heterocycles. The smallest absolute Gasteiger partial charge is 0.258 e. The van der Waals surface area contributed by atoms with Crippen molar-refractivity contribution in [2.45, 2.75) is 44.7 Å². The SMILES string of the molecule is CNC(C)c1cc(F)ccc1OCC(=O)NC1CCCC1. The van der Waals surface area contributed by atoms with Crippen LogP contribution in [-0.4, -0.2) is 25.6 Å². The van der Waals surface area contributed by atoms with Crippen molar-refractivity contribution >= 4 is 5.91 Å². The predicted molar refractivity (Wildman–Crippen MR) is 79.8 cm³/mol. The van der Waals surface area contributed by atoms with Gasteiger partial charge >= 0.3 is 0 Å². The van der Waals surface area contributed by atoms with Crippen molar-refractivity contribution in [3.63, 3.8) is 0 Å². The van der Waals surface area contributed by atoms with Crippen LogP contribution >= 0.6 is 0 Å². The van der Waals surface area contributed by atoms with Gasteiger partial charge in [0.1, 0.15) is 11.6 Å². The fourth-order valence-electron chi connectivity index (χ4n) is 2.63. The van der Waals surface area contributed by atoms with Gasteiger partial charge in [-0.2, -0.15) is 0 Å². The van der Waals surface area contributed by atoms with Gasteiger partial charge in [0.2, 0.25) is 0 Å². The Morgan fingerprint density at radius 2 is 2.14 bits per heavy atom. The van der Waals surface area contributed by atoms with Gasteiger partial charge in [-0.05, 0) is 45.0 Å². The van der Waals surface area contributed by atoms with E-state index in [1.807, 2.05) is 6.92 Å². The van der Waals surface area contributed by atoms with Gasteiger partial charge in [0.05, 0.1) is 0 Å². The summed E-state index contributed by atoms with van der Waals surface area (Å²) in [6.07, 6.45) is 4.44. The van der Waals surface area contributed by atoms with Gasteiger partial charge in [-0.1, -0.05) is 12.8 Å². The van der Waals surface area contributed by atoms with Crippen LogP contribution in [0.15, 0.2) is 18.2 Å². The molecule has 1 unspecified atom stereocenters. The number of carbonyl (C=O) groups excluding carboxylic acids is 1. The first-order chi connectivity index (χ1) is 10.1. The number of carbonyl (C=O) groups is 1. The lowest BCUT2D eigenvalue weighted by molar-refractivity contribution is -0.123. The lowest BCUT2D eigenvalue weighted by atomic mass is 10.1. The van der Waals surface area contributed by atoms with Gasteiger partial charge in [0, 0.05) is 17.6 Å². The number of hydrogen-bond donors (Lipinski definition) is 2. The number of amides is 1. The molecule has 1 aliphatic rings. The molecule has 0 heterocycles. The highest BCUT2D eigenvalue weighted by Gasteiger charge is 2.18. The molecule has 1 atom stereocenters. The second-order valence-corrected chi connectivity index (χ2v) is 5.53. The van der Waals surface area contributed by atoms with E-state index in [0.29, 0.717) is 11.3 Å². The van der Waals surface area contributed by atoms with Crippen LogP contribution in [0.5, 0.6) is 5.75 Å². The molecule has 0 aromatic heterocycles. The highest BCUT2D eigenvalue weighted by Crippen LogP contribution is 2.26. The average Bonchev–Trinajstić information content (AvgIpc) is 2.98. The van der Waals surface area contributed by atoms with E-state index in [1.54, 1.807) is 13.1 Å². The molecular formula is C16H23FN2O2. The molecule has 2 N–H and O–H groups in total. The van der Waals surface area contributed by atoms with Crippen LogP contribution in [-0.2, 0) is 4.79 Å². The predicted octanol–water partition coefficient (Wildman–Crippen LogP) is 2.54. The third-order valence-corrected chi connectivity index (χ3v) is 3.95. The van der Waals surface area contributed by atoms with E-state index in [1.165, 1.54) is 25.0 Å². The van der Waals surface area contributed by atoms with Crippen LogP contribution in [0.4, 0.5) is 4.39 Å². The molecule has 1 saturated carbocycles. The maximum Gasteiger partial charge on any atom is 0.258 e. The minimum absolute atomic E-state index is 0.0361. The van der Waals surface area contributed by atoms with E-state index in [4.69, 9.17) is 4.74 Å². The molecule has 0 saturated heterocycles. The minimum atomic E-state index is -0.310. The van der Waals surface area contributed by atoms with Crippen molar-refractivity contribution < 1.29 is 13.9 Å². The van der Waals surface area contributed by atoms with Gasteiger partial charge in [0.15, 0.2) is 6.61 Å². The van der Waals surface area contributed by atoms with E-state index < -0.39 is 0 Å². The first-order valence-electron chi connectivity index (χ1n) is 7.49. The highest BCUT2D eigenvalue weighted by molar-refractivity contribution is 5.77. The summed E-state index contributed by atoms with van der Waals surface area (Å²) >= 11 is 0. The number of nitrogens with one attached hydrogen (secondary N) is 2. The molecule has 0 spiro atoms. The third-order valence-electron chi connectivity index (χ3n) is 3.95. The second kappa shape index (κ2) is 7.41. The van der Waals surface area contributed by atoms with Crippen LogP contribution in [0.3, 0.4) is 0 Å². The van der Waals surface area contributed by atoms with Crippen molar-refractivity contribution in [2.24, 2.45) is 0 Å². The van der Waals surface area contributed by atoms with Gasteiger partial charge in [-0.15, -0.1) is 0 Å². The number of rotatable bonds is 6. The molecule has 21 heavy (non-hydrogen) atoms. The second-order valence-electron chi connectivity index (χ2n) is 5.53. The summed E-state index contributed by atoms with van der Waals surface area (Å²) < 4.78 is 18.9. The third kappa shape index (κ3) is 4.43. The molecule has 1 fully saturated rings. The standard InChI is InChI=1S/C16H23FN2O2/c1-11(18-2)14-9-12(17)7-8-15(14)21-10-16(20)19-13-5-3-4-6-13/h7-9,11,13,18H,3-6,10H2,1-2H3,(H,19,20). The van der Waals surface area contributed by atoms with Gasteiger partial charge in [0.25, 0.3) is 5.91 Å². The fraction of sp³-hybridized carbons (Fsp3) is 0.562. The Balaban J connectivity index is 1.94. The largest absolute Gasteiger partial charge is 0.483 e. The van der Waals surface area contributed by atoms with Gasteiger partial charge in [-0.25, -0.2) is 4.39 Å². The fourth-order valence-corrected chi connectivity index (χ4v) is 2.63. The van der Waals surface area contributed by atoms with Crippen molar-refractivity contribution in [2.75, 3.05) is 13.7 Å². The lowest BCUT2D eigenvalue weighted by Crippen LogP contribution is -2.36. The summed E-state index contributed by atoms with van der Waals surface area (Å²) in [5.74, 6) is 0.115. The number of hydrogen-bond acceptors (Lipinski definition) is 3. The molecule has 1 aromatic rings. The Bertz CT molecular complexity index is 487. The summed E-state index contributed by atoms with van der Waals surface area (Å²) in [6.45, 7) is 1.88. The minimum Gasteiger partial charge on any atom is -0.483 e. The van der Waals surface area contributed by atoms with Crippen LogP contribution < -0.4 is 15.4 Å². The van der Waals surface area contributed by atoms with Crippen molar-refractivity contribution in [1.82, 2.24) is 10.6 Å². The van der Waals surface area contributed by atoms with E-state index in [9.17, 15) is 9.18 Å². The van der Waals surface area contributed by atoms with Crippen LogP contribution in [0.1, 0.15) is 44.2 Å². The highest BCUT2D eigenvalue weighted by atomic mass is 19.1. The zero-order valence-electron chi connectivity index (χ0n) is 12.6. The molecule has 1 amide bonds. The number of benzene rings is 1. The average molecular weight is 294 g/mol. The van der Waals surface area contributed by atoms with Crippen molar-refractivity contribution in [1.29, 1.82) is 0 Å². The molecule has 1 aliphatic carbocycles. The first-order valence-corrected chi connectivity index (χ1v) is 7.49. The first kappa shape index (κ1) is 15.8. The maximum absolute atomic E-state index is 13.4. The van der Waals surface area contributed by atoms with Crippen molar-refractivity contribution in [3.8, 4) is 5.75 Å². The van der Waals surface area contributed by atoms with Gasteiger partial charge < -0.3 is 15.4 Å². The summed E-state index contributed by atoms with van der Waals surface area (Å²) in [5, 5.41) is 6.02. The Morgan fingerprint density at radius 1 is 1.43 bits per heavy atom. The van der Waals surface area contributed by atoms with E-state index >= 15 is 0 Å². The van der Waals surface area contributed by atoms with E-state index in [-0.39, 0.29) is 30.4 Å². The molecule has 2 rings (SSSR count). The summed E-state index contributed by atoms with van der Waals surface area (Å²) in [5.41, 5.74) is 0.714. The number of halogens is 1. The monoisotopic (exact) mass is 294 g/mol. The molecule has 116 valence electrons. The Hall–Kier alpha value is -1.62. The van der Waals surface area contributed by atoms with Crippen LogP contribution in [0, 0.1) is 5.82 Å². The Labute approximate surface area is 125 Å². The Morgan fingerprint density at radius 3 is 2.81 bits per heavy atom. The van der Waals surface area contributed by atoms with Crippen LogP contribution in [0.25, 0.3) is 0 Å². The molecule has 0 radical (unpaired) electrons. The lowest BCUT2D eigenvalue weighted by Gasteiger charge is -2.17. The zero-order chi connectivity index (χ0) is 15.2. The van der Waals surface area contributed by atoms with Crippen LogP contribution in [0.2, 0.25) is 0 Å². The molecule has 4 nitrogen and oxygen atoms in total. The summed E-state index contributed by atoms with van der Waals surface area (Å²) in [7, 11) is 1.80. The molecule has 5 heteroatoms. The maximum atomic E-state index is 13.4. The van der Waals surface area contributed by atoms with Gasteiger partial charge in [-0.3, -0.25) is 4.79 Å². The van der Waals surface area contributed by atoms with Crippen molar-refractivity contribution in [3.05, 3.63) is 29.6 Å². The van der Waals surface area contributed by atoms with E-state index in [2.05, 4.69) is 10.6 Å². The summed E-state index contributed by atoms with van der Waals surface area (Å²) in [6, 6.07) is 4.58. The quantitative estimate of drug-likeness (QED) is 0.847. The zero-order valence-corrected chi connectivity index (χ0v) is 12.6. The normalized spacial score (nSPS) is 16.7. The summed E-state index contributed by atoms with van der Waals surface area (Å²) in [4.78, 5) is 11.9. The molecule has 1 aromatic carbocycles. The van der Waals surface area contributed by atoms with E-state index in [0.717, 1.165) is 12.8 Å². The Kier molecular flexibility index (Phi) is 5.56. The topological polar surface area (TPSA) is 50.4 Å².